The number of allylic oxidation sites excluding steroid dienone is 1. The summed E-state index contributed by atoms with van der Waals surface area (Å²) < 4.78 is -0.456. The molecule has 2 rings (SSSR count). The van der Waals surface area contributed by atoms with E-state index in [2.05, 4.69) is 15.9 Å². The van der Waals surface area contributed by atoms with E-state index in [0.29, 0.717) is 11.1 Å². The first-order valence-electron chi connectivity index (χ1n) is 6.52. The van der Waals surface area contributed by atoms with Gasteiger partial charge in [0, 0.05) is 22.0 Å². The molecule has 0 atom stereocenters. The molecule has 0 aliphatic heterocycles. The van der Waals surface area contributed by atoms with Crippen LogP contribution >= 0.6 is 15.9 Å². The minimum Gasteiger partial charge on any atom is -0.258 e. The SMILES string of the molecule is O=[N+]([O-])C(=Cc1ccccc1)C(=C(Br)[N+](=O)[O-])c1ccccc1. The molecule has 0 unspecified atom stereocenters. The maximum atomic E-state index is 11.5. The normalized spacial score (nSPS) is 12.5. The molecule has 0 N–H and O–H groups in total. The Morgan fingerprint density at radius 1 is 0.870 bits per heavy atom. The first-order valence-corrected chi connectivity index (χ1v) is 7.31. The van der Waals surface area contributed by atoms with Gasteiger partial charge in [-0.25, -0.2) is 0 Å². The fraction of sp³-hybridized carbons (Fsp3) is 0. The topological polar surface area (TPSA) is 86.3 Å². The molecule has 0 saturated carbocycles. The van der Waals surface area contributed by atoms with Gasteiger partial charge in [-0.15, -0.1) is 0 Å². The fourth-order valence-corrected chi connectivity index (χ4v) is 2.42. The zero-order valence-electron chi connectivity index (χ0n) is 11.8. The molecule has 0 radical (unpaired) electrons. The second kappa shape index (κ2) is 7.46. The lowest BCUT2D eigenvalue weighted by Gasteiger charge is -2.05. The molecule has 0 bridgehead atoms. The van der Waals surface area contributed by atoms with E-state index in [4.69, 9.17) is 0 Å². The van der Waals surface area contributed by atoms with Crippen LogP contribution in [0.4, 0.5) is 0 Å². The zero-order chi connectivity index (χ0) is 16.8. The van der Waals surface area contributed by atoms with Crippen LogP contribution in [0.3, 0.4) is 0 Å². The number of hydrogen-bond donors (Lipinski definition) is 0. The summed E-state index contributed by atoms with van der Waals surface area (Å²) in [5, 5.41) is 22.6. The van der Waals surface area contributed by atoms with Gasteiger partial charge in [-0.05, 0) is 11.1 Å². The molecule has 2 aromatic carbocycles. The highest BCUT2D eigenvalue weighted by Gasteiger charge is 2.28. The Hall–Kier alpha value is -2.80. The predicted octanol–water partition coefficient (Wildman–Crippen LogP) is 4.34. The highest BCUT2D eigenvalue weighted by molar-refractivity contribution is 9.11. The average Bonchev–Trinajstić information content (AvgIpc) is 2.55. The van der Waals surface area contributed by atoms with Crippen LogP contribution in [0, 0.1) is 20.2 Å². The summed E-state index contributed by atoms with van der Waals surface area (Å²) in [4.78, 5) is 21.3. The lowest BCUT2D eigenvalue weighted by atomic mass is 10.0. The molecule has 0 saturated heterocycles. The van der Waals surface area contributed by atoms with E-state index in [-0.39, 0.29) is 11.3 Å². The van der Waals surface area contributed by atoms with Crippen LogP contribution in [0.2, 0.25) is 0 Å². The third-order valence-electron chi connectivity index (χ3n) is 2.98. The monoisotopic (exact) mass is 374 g/mol. The molecule has 0 spiro atoms. The van der Waals surface area contributed by atoms with E-state index in [0.717, 1.165) is 0 Å². The highest BCUT2D eigenvalue weighted by Crippen LogP contribution is 2.31. The van der Waals surface area contributed by atoms with Crippen molar-refractivity contribution in [1.29, 1.82) is 0 Å². The van der Waals surface area contributed by atoms with Crippen molar-refractivity contribution in [3.8, 4) is 0 Å². The summed E-state index contributed by atoms with van der Waals surface area (Å²) >= 11 is 2.86. The number of benzene rings is 2. The second-order valence-electron chi connectivity index (χ2n) is 4.49. The Bertz CT molecular complexity index is 786. The van der Waals surface area contributed by atoms with Crippen molar-refractivity contribution in [1.82, 2.24) is 0 Å². The summed E-state index contributed by atoms with van der Waals surface area (Å²) in [6.45, 7) is 0. The molecule has 116 valence electrons. The van der Waals surface area contributed by atoms with Gasteiger partial charge in [0.2, 0.25) is 0 Å². The van der Waals surface area contributed by atoms with Gasteiger partial charge < -0.3 is 0 Å². The molecule has 23 heavy (non-hydrogen) atoms. The fourth-order valence-electron chi connectivity index (χ4n) is 1.99. The Morgan fingerprint density at radius 3 is 1.87 bits per heavy atom. The van der Waals surface area contributed by atoms with Crippen molar-refractivity contribution < 1.29 is 9.85 Å². The van der Waals surface area contributed by atoms with Crippen molar-refractivity contribution in [2.75, 3.05) is 0 Å². The lowest BCUT2D eigenvalue weighted by molar-refractivity contribution is -0.422. The maximum absolute atomic E-state index is 11.5. The molecule has 2 aromatic rings. The van der Waals surface area contributed by atoms with Gasteiger partial charge in [-0.2, -0.15) is 0 Å². The number of rotatable bonds is 5. The van der Waals surface area contributed by atoms with Crippen molar-refractivity contribution in [3.63, 3.8) is 0 Å². The summed E-state index contributed by atoms with van der Waals surface area (Å²) in [5.41, 5.74) is 0.529. The minimum absolute atomic E-state index is 0.0792. The number of hydrogen-bond acceptors (Lipinski definition) is 4. The number of halogens is 1. The van der Waals surface area contributed by atoms with E-state index in [9.17, 15) is 20.2 Å². The number of nitrogens with zero attached hydrogens (tertiary/aromatic N) is 2. The van der Waals surface area contributed by atoms with Gasteiger partial charge in [-0.3, -0.25) is 20.2 Å². The Morgan fingerprint density at radius 2 is 1.39 bits per heavy atom. The van der Waals surface area contributed by atoms with Gasteiger partial charge in [-0.1, -0.05) is 60.7 Å². The highest BCUT2D eigenvalue weighted by atomic mass is 79.9. The van der Waals surface area contributed by atoms with Gasteiger partial charge in [0.15, 0.2) is 0 Å². The van der Waals surface area contributed by atoms with Gasteiger partial charge >= 0.3 is 4.61 Å². The Balaban J connectivity index is 2.70. The summed E-state index contributed by atoms with van der Waals surface area (Å²) in [6.07, 6.45) is 1.31. The minimum atomic E-state index is -0.690. The quantitative estimate of drug-likeness (QED) is 0.337. The Kier molecular flexibility index (Phi) is 5.37. The van der Waals surface area contributed by atoms with Crippen LogP contribution in [-0.2, 0) is 0 Å². The van der Waals surface area contributed by atoms with E-state index < -0.39 is 14.5 Å². The third-order valence-corrected chi connectivity index (χ3v) is 3.67. The lowest BCUT2D eigenvalue weighted by Crippen LogP contribution is -2.06. The maximum Gasteiger partial charge on any atom is 0.325 e. The van der Waals surface area contributed by atoms with Crippen LogP contribution in [0.1, 0.15) is 11.1 Å². The Labute approximate surface area is 140 Å². The van der Waals surface area contributed by atoms with Crippen LogP contribution in [-0.4, -0.2) is 9.85 Å². The zero-order valence-corrected chi connectivity index (χ0v) is 13.3. The van der Waals surface area contributed by atoms with E-state index in [1.54, 1.807) is 60.7 Å². The van der Waals surface area contributed by atoms with E-state index in [1.165, 1.54) is 6.08 Å². The predicted molar refractivity (Wildman–Crippen MR) is 90.7 cm³/mol. The molecular formula is C16H11BrN2O4. The molecule has 0 amide bonds. The standard InChI is InChI=1S/C16H11BrN2O4/c17-16(19(22)23)15(13-9-5-2-6-10-13)14(18(20)21)11-12-7-3-1-4-8-12/h1-11H. The number of nitro groups is 2. The molecule has 6 nitrogen and oxygen atoms in total. The van der Waals surface area contributed by atoms with Crippen molar-refractivity contribution in [2.45, 2.75) is 0 Å². The van der Waals surface area contributed by atoms with Crippen molar-refractivity contribution in [3.05, 3.63) is 102 Å². The van der Waals surface area contributed by atoms with E-state index in [1.807, 2.05) is 0 Å². The van der Waals surface area contributed by atoms with Crippen LogP contribution in [0.15, 0.2) is 71.0 Å². The van der Waals surface area contributed by atoms with Gasteiger partial charge in [0.25, 0.3) is 5.70 Å². The molecule has 0 aliphatic carbocycles. The van der Waals surface area contributed by atoms with Crippen LogP contribution in [0.5, 0.6) is 0 Å². The smallest absolute Gasteiger partial charge is 0.258 e. The molecular weight excluding hydrogens is 364 g/mol. The van der Waals surface area contributed by atoms with Gasteiger partial charge in [0.1, 0.15) is 5.57 Å². The average molecular weight is 375 g/mol. The summed E-state index contributed by atoms with van der Waals surface area (Å²) in [7, 11) is 0. The molecule has 0 heterocycles. The first-order chi connectivity index (χ1) is 11.0. The molecule has 0 fully saturated rings. The summed E-state index contributed by atoms with van der Waals surface area (Å²) in [6, 6.07) is 16.8. The molecule has 7 heteroatoms. The third kappa shape index (κ3) is 4.10. The molecule has 0 aliphatic rings. The van der Waals surface area contributed by atoms with Crippen LogP contribution in [0.25, 0.3) is 11.6 Å². The van der Waals surface area contributed by atoms with Gasteiger partial charge in [0.05, 0.1) is 9.85 Å². The largest absolute Gasteiger partial charge is 0.325 e. The first kappa shape index (κ1) is 16.6. The van der Waals surface area contributed by atoms with Crippen LogP contribution < -0.4 is 0 Å². The summed E-state index contributed by atoms with van der Waals surface area (Å²) in [5.74, 6) is 0. The van der Waals surface area contributed by atoms with Crippen molar-refractivity contribution >= 4 is 27.6 Å². The van der Waals surface area contributed by atoms with E-state index >= 15 is 0 Å². The molecule has 0 aromatic heterocycles. The van der Waals surface area contributed by atoms with Crippen molar-refractivity contribution in [2.24, 2.45) is 0 Å². The second-order valence-corrected chi connectivity index (χ2v) is 5.24.